The summed E-state index contributed by atoms with van der Waals surface area (Å²) in [5.74, 6) is -2.23. The van der Waals surface area contributed by atoms with E-state index in [0.717, 1.165) is 5.56 Å². The Morgan fingerprint density at radius 2 is 2.11 bits per heavy atom. The average Bonchev–Trinajstić information content (AvgIpc) is 2.32. The maximum atomic E-state index is 13.8. The fraction of sp³-hybridized carbons (Fsp3) is 0.0833. The number of carboxylic acids is 1. The highest BCUT2D eigenvalue weighted by Gasteiger charge is 2.18. The summed E-state index contributed by atoms with van der Waals surface area (Å²) < 4.78 is 13.8. The second-order valence-corrected chi connectivity index (χ2v) is 4.26. The summed E-state index contributed by atoms with van der Waals surface area (Å²) in [4.78, 5) is 18.5. The van der Waals surface area contributed by atoms with Crippen LogP contribution in [0.25, 0.3) is 11.4 Å². The Balaban J connectivity index is 2.66. The molecule has 0 atom stereocenters. The molecule has 3 N–H and O–H groups in total. The van der Waals surface area contributed by atoms with Crippen molar-refractivity contribution in [1.29, 1.82) is 0 Å². The van der Waals surface area contributed by atoms with Crippen LogP contribution in [-0.4, -0.2) is 21.0 Å². The van der Waals surface area contributed by atoms with Gasteiger partial charge in [0.15, 0.2) is 11.5 Å². The molecule has 7 heteroatoms. The Kier molecular flexibility index (Phi) is 3.35. The molecule has 0 radical (unpaired) electrons. The van der Waals surface area contributed by atoms with Crippen molar-refractivity contribution in [1.82, 2.24) is 9.97 Å². The second-order valence-electron chi connectivity index (χ2n) is 3.88. The summed E-state index contributed by atoms with van der Waals surface area (Å²) in [6.45, 7) is 1.73. The van der Waals surface area contributed by atoms with Crippen LogP contribution in [0.4, 0.5) is 10.2 Å². The molecule has 2 aromatic rings. The number of aromatic nitrogens is 2. The first-order valence-corrected chi connectivity index (χ1v) is 5.60. The van der Waals surface area contributed by atoms with Crippen molar-refractivity contribution in [3.8, 4) is 11.4 Å². The van der Waals surface area contributed by atoms with E-state index < -0.39 is 17.5 Å². The highest BCUT2D eigenvalue weighted by atomic mass is 35.5. The Morgan fingerprint density at radius 3 is 2.68 bits per heavy atom. The lowest BCUT2D eigenvalue weighted by atomic mass is 10.1. The highest BCUT2D eigenvalue weighted by Crippen LogP contribution is 2.26. The van der Waals surface area contributed by atoms with Gasteiger partial charge in [0.2, 0.25) is 0 Å². The molecule has 1 aromatic carbocycles. The van der Waals surface area contributed by atoms with Gasteiger partial charge in [-0.05, 0) is 24.6 Å². The lowest BCUT2D eigenvalue weighted by molar-refractivity contribution is 0.0690. The van der Waals surface area contributed by atoms with Crippen molar-refractivity contribution < 1.29 is 14.3 Å². The third-order valence-electron chi connectivity index (χ3n) is 2.44. The number of hydrogen-bond acceptors (Lipinski definition) is 4. The van der Waals surface area contributed by atoms with E-state index in [9.17, 15) is 9.18 Å². The molecule has 0 aliphatic carbocycles. The van der Waals surface area contributed by atoms with Gasteiger partial charge in [0.25, 0.3) is 0 Å². The first kappa shape index (κ1) is 13.2. The number of carboxylic acid groups (broad SMARTS) is 1. The van der Waals surface area contributed by atoms with Crippen LogP contribution in [0.2, 0.25) is 5.02 Å². The van der Waals surface area contributed by atoms with Gasteiger partial charge in [-0.1, -0.05) is 17.7 Å². The smallest absolute Gasteiger partial charge is 0.356 e. The number of nitrogen functional groups attached to an aromatic ring is 1. The van der Waals surface area contributed by atoms with Gasteiger partial charge in [0.1, 0.15) is 16.7 Å². The highest BCUT2D eigenvalue weighted by molar-refractivity contribution is 6.35. The normalized spacial score (nSPS) is 10.5. The summed E-state index contributed by atoms with van der Waals surface area (Å²) >= 11 is 5.69. The van der Waals surface area contributed by atoms with E-state index >= 15 is 0 Å². The minimum absolute atomic E-state index is 0.0662. The number of anilines is 1. The molecule has 0 unspecified atom stereocenters. The number of hydrogen-bond donors (Lipinski definition) is 2. The average molecular weight is 282 g/mol. The third-order valence-corrected chi connectivity index (χ3v) is 2.82. The quantitative estimate of drug-likeness (QED) is 0.883. The van der Waals surface area contributed by atoms with Crippen LogP contribution >= 0.6 is 11.6 Å². The van der Waals surface area contributed by atoms with Crippen LogP contribution in [0.5, 0.6) is 0 Å². The van der Waals surface area contributed by atoms with Gasteiger partial charge in [-0.2, -0.15) is 0 Å². The topological polar surface area (TPSA) is 89.1 Å². The minimum atomic E-state index is -1.35. The van der Waals surface area contributed by atoms with E-state index in [1.165, 1.54) is 12.1 Å². The van der Waals surface area contributed by atoms with Crippen molar-refractivity contribution >= 4 is 23.4 Å². The number of carbonyl (C=O) groups is 1. The zero-order chi connectivity index (χ0) is 14.2. The van der Waals surface area contributed by atoms with Crippen molar-refractivity contribution in [2.45, 2.75) is 6.92 Å². The van der Waals surface area contributed by atoms with Gasteiger partial charge in [0, 0.05) is 0 Å². The molecule has 1 heterocycles. The monoisotopic (exact) mass is 281 g/mol. The van der Waals surface area contributed by atoms with Crippen LogP contribution in [0.3, 0.4) is 0 Å². The number of nitrogens with zero attached hydrogens (tertiary/aromatic N) is 2. The fourth-order valence-electron chi connectivity index (χ4n) is 1.53. The van der Waals surface area contributed by atoms with E-state index in [2.05, 4.69) is 9.97 Å². The molecule has 0 saturated heterocycles. The molecule has 98 valence electrons. The van der Waals surface area contributed by atoms with Crippen molar-refractivity contribution in [3.05, 3.63) is 40.3 Å². The first-order chi connectivity index (χ1) is 8.90. The molecular formula is C12H9ClFN3O2. The number of aromatic carboxylic acids is 1. The maximum absolute atomic E-state index is 13.8. The van der Waals surface area contributed by atoms with E-state index in [4.69, 9.17) is 22.4 Å². The number of aryl methyl sites for hydroxylation is 1. The maximum Gasteiger partial charge on any atom is 0.356 e. The van der Waals surface area contributed by atoms with Gasteiger partial charge in [-0.3, -0.25) is 0 Å². The number of benzene rings is 1. The van der Waals surface area contributed by atoms with Crippen LogP contribution in [0.15, 0.2) is 18.2 Å². The van der Waals surface area contributed by atoms with Gasteiger partial charge in [0.05, 0.1) is 5.56 Å². The summed E-state index contributed by atoms with van der Waals surface area (Å²) in [6.07, 6.45) is 0. The lowest BCUT2D eigenvalue weighted by Gasteiger charge is -2.07. The molecule has 0 saturated carbocycles. The second kappa shape index (κ2) is 4.81. The van der Waals surface area contributed by atoms with Gasteiger partial charge in [-0.25, -0.2) is 19.2 Å². The molecule has 0 aliphatic rings. The Labute approximate surface area is 112 Å². The lowest BCUT2D eigenvalue weighted by Crippen LogP contribution is -2.08. The Bertz CT molecular complexity index is 676. The SMILES string of the molecule is Cc1ccc(-c2nc(N)c(Cl)c(C(=O)O)n2)c(F)c1. The molecule has 5 nitrogen and oxygen atoms in total. The fourth-order valence-corrected chi connectivity index (χ4v) is 1.69. The Morgan fingerprint density at radius 1 is 1.42 bits per heavy atom. The molecule has 0 amide bonds. The molecule has 0 spiro atoms. The van der Waals surface area contributed by atoms with E-state index in [0.29, 0.717) is 0 Å². The van der Waals surface area contributed by atoms with Gasteiger partial charge >= 0.3 is 5.97 Å². The number of halogens is 2. The van der Waals surface area contributed by atoms with Gasteiger partial charge in [-0.15, -0.1) is 0 Å². The first-order valence-electron chi connectivity index (χ1n) is 5.23. The van der Waals surface area contributed by atoms with Crippen LogP contribution in [0, 0.1) is 12.7 Å². The number of rotatable bonds is 2. The van der Waals surface area contributed by atoms with Gasteiger partial charge < -0.3 is 10.8 Å². The Hall–Kier alpha value is -2.21. The van der Waals surface area contributed by atoms with Crippen molar-refractivity contribution in [2.24, 2.45) is 0 Å². The molecule has 19 heavy (non-hydrogen) atoms. The zero-order valence-corrected chi connectivity index (χ0v) is 10.6. The van der Waals surface area contributed by atoms with E-state index in [-0.39, 0.29) is 22.2 Å². The summed E-state index contributed by atoms with van der Waals surface area (Å²) in [7, 11) is 0. The molecule has 0 bridgehead atoms. The molecule has 1 aromatic heterocycles. The predicted octanol–water partition coefficient (Wildman–Crippen LogP) is 2.52. The van der Waals surface area contributed by atoms with Crippen molar-refractivity contribution in [2.75, 3.05) is 5.73 Å². The molecule has 0 aliphatic heterocycles. The largest absolute Gasteiger partial charge is 0.476 e. The summed E-state index contributed by atoms with van der Waals surface area (Å²) in [5.41, 5.74) is 5.84. The summed E-state index contributed by atoms with van der Waals surface area (Å²) in [6, 6.07) is 4.41. The molecular weight excluding hydrogens is 273 g/mol. The predicted molar refractivity (Wildman–Crippen MR) is 68.5 cm³/mol. The zero-order valence-electron chi connectivity index (χ0n) is 9.82. The molecule has 0 fully saturated rings. The van der Waals surface area contributed by atoms with Crippen LogP contribution in [-0.2, 0) is 0 Å². The minimum Gasteiger partial charge on any atom is -0.476 e. The molecule has 2 rings (SSSR count). The standard InChI is InChI=1S/C12H9ClFN3O2/c1-5-2-3-6(7(14)4-5)11-16-9(12(18)19)8(13)10(15)17-11/h2-4H,1H3,(H,18,19)(H2,15,16,17). The third kappa shape index (κ3) is 2.48. The van der Waals surface area contributed by atoms with E-state index in [1.807, 2.05) is 0 Å². The number of nitrogens with two attached hydrogens (primary N) is 1. The van der Waals surface area contributed by atoms with Crippen molar-refractivity contribution in [3.63, 3.8) is 0 Å². The summed E-state index contributed by atoms with van der Waals surface area (Å²) in [5, 5.41) is 8.69. The van der Waals surface area contributed by atoms with E-state index in [1.54, 1.807) is 13.0 Å². The van der Waals surface area contributed by atoms with Crippen LogP contribution < -0.4 is 5.73 Å². The van der Waals surface area contributed by atoms with Crippen LogP contribution in [0.1, 0.15) is 16.1 Å².